The quantitative estimate of drug-likeness (QED) is 0.270. The van der Waals surface area contributed by atoms with Gasteiger partial charge in [-0.1, -0.05) is 72.8 Å². The molecular formula is C32H30O5. The monoisotopic (exact) mass is 494 g/mol. The van der Waals surface area contributed by atoms with Crippen molar-refractivity contribution in [2.24, 2.45) is 0 Å². The van der Waals surface area contributed by atoms with Gasteiger partial charge < -0.3 is 18.9 Å². The molecule has 37 heavy (non-hydrogen) atoms. The average Bonchev–Trinajstić information content (AvgIpc) is 2.94. The van der Waals surface area contributed by atoms with Gasteiger partial charge in [0, 0.05) is 38.2 Å². The van der Waals surface area contributed by atoms with Crippen molar-refractivity contribution >= 4 is 5.78 Å². The molecule has 0 aromatic heterocycles. The second-order valence-corrected chi connectivity index (χ2v) is 9.12. The van der Waals surface area contributed by atoms with Crippen molar-refractivity contribution in [2.75, 3.05) is 14.2 Å². The molecule has 0 aliphatic heterocycles. The van der Waals surface area contributed by atoms with E-state index in [4.69, 9.17) is 18.9 Å². The van der Waals surface area contributed by atoms with E-state index in [2.05, 4.69) is 18.2 Å². The van der Waals surface area contributed by atoms with E-state index in [1.54, 1.807) is 14.2 Å². The summed E-state index contributed by atoms with van der Waals surface area (Å²) in [5.74, 6) is 1.22. The standard InChI is InChI=1S/C17H18O3.C15H12O2/c1-18-17(19-2)11-14-8-9-15(10-16(14)17)20-12-13-6-4-3-5-7-13;16-15-8-12-6-7-13(9-14(12)15)17-10-11-4-2-1-3-5-11/h3-10H,11-12H2,1-2H3;1-7,9H,8,10H2. The predicted octanol–water partition coefficient (Wildman–Crippen LogP) is 6.27. The summed E-state index contributed by atoms with van der Waals surface area (Å²) in [6.07, 6.45) is 1.36. The predicted molar refractivity (Wildman–Crippen MR) is 142 cm³/mol. The molecule has 0 spiro atoms. The van der Waals surface area contributed by atoms with Crippen LogP contribution in [-0.4, -0.2) is 20.0 Å². The van der Waals surface area contributed by atoms with Crippen LogP contribution in [0.25, 0.3) is 0 Å². The molecule has 0 saturated heterocycles. The summed E-state index contributed by atoms with van der Waals surface area (Å²) in [6, 6.07) is 31.9. The normalized spacial score (nSPS) is 14.2. The van der Waals surface area contributed by atoms with Crippen LogP contribution in [-0.2, 0) is 41.3 Å². The first-order valence-electron chi connectivity index (χ1n) is 12.3. The lowest BCUT2D eigenvalue weighted by Crippen LogP contribution is -2.42. The molecule has 0 radical (unpaired) electrons. The molecule has 5 heteroatoms. The van der Waals surface area contributed by atoms with Crippen LogP contribution in [0.5, 0.6) is 11.5 Å². The van der Waals surface area contributed by atoms with Gasteiger partial charge in [0.25, 0.3) is 0 Å². The van der Waals surface area contributed by atoms with Gasteiger partial charge in [0.05, 0.1) is 0 Å². The molecule has 2 aliphatic carbocycles. The van der Waals surface area contributed by atoms with E-state index in [1.807, 2.05) is 78.9 Å². The van der Waals surface area contributed by atoms with Crippen LogP contribution in [0.15, 0.2) is 97.1 Å². The van der Waals surface area contributed by atoms with Crippen LogP contribution < -0.4 is 9.47 Å². The van der Waals surface area contributed by atoms with Gasteiger partial charge in [-0.15, -0.1) is 0 Å². The molecule has 6 rings (SSSR count). The van der Waals surface area contributed by atoms with Gasteiger partial charge in [-0.25, -0.2) is 0 Å². The lowest BCUT2D eigenvalue weighted by Gasteiger charge is -2.41. The number of carbonyl (C=O) groups is 1. The number of ketones is 1. The summed E-state index contributed by atoms with van der Waals surface area (Å²) in [6.45, 7) is 1.10. The topological polar surface area (TPSA) is 54.0 Å². The second-order valence-electron chi connectivity index (χ2n) is 9.12. The maximum atomic E-state index is 11.3. The van der Waals surface area contributed by atoms with Crippen molar-refractivity contribution in [3.63, 3.8) is 0 Å². The van der Waals surface area contributed by atoms with E-state index in [0.717, 1.165) is 45.7 Å². The third-order valence-electron chi connectivity index (χ3n) is 6.80. The van der Waals surface area contributed by atoms with Gasteiger partial charge in [-0.3, -0.25) is 4.79 Å². The zero-order valence-electron chi connectivity index (χ0n) is 21.1. The third kappa shape index (κ3) is 5.43. The smallest absolute Gasteiger partial charge is 0.198 e. The molecule has 0 unspecified atom stereocenters. The molecule has 0 heterocycles. The van der Waals surface area contributed by atoms with Gasteiger partial charge in [0.1, 0.15) is 24.7 Å². The molecule has 2 aliphatic rings. The largest absolute Gasteiger partial charge is 0.489 e. The third-order valence-corrected chi connectivity index (χ3v) is 6.80. The first-order chi connectivity index (χ1) is 18.1. The minimum absolute atomic E-state index is 0.213. The van der Waals surface area contributed by atoms with E-state index in [9.17, 15) is 4.79 Å². The van der Waals surface area contributed by atoms with E-state index < -0.39 is 5.79 Å². The summed E-state index contributed by atoms with van der Waals surface area (Å²) in [4.78, 5) is 11.3. The van der Waals surface area contributed by atoms with Gasteiger partial charge in [0.2, 0.25) is 0 Å². The van der Waals surface area contributed by atoms with Crippen LogP contribution in [0.3, 0.4) is 0 Å². The Kier molecular flexibility index (Phi) is 7.35. The fraction of sp³-hybridized carbons (Fsp3) is 0.219. The Morgan fingerprint density at radius 2 is 1.22 bits per heavy atom. The zero-order valence-corrected chi connectivity index (χ0v) is 21.1. The molecule has 5 nitrogen and oxygen atoms in total. The maximum absolute atomic E-state index is 11.3. The number of hydrogen-bond acceptors (Lipinski definition) is 5. The summed E-state index contributed by atoms with van der Waals surface area (Å²) >= 11 is 0. The lowest BCUT2D eigenvalue weighted by atomic mass is 9.81. The van der Waals surface area contributed by atoms with Crippen molar-refractivity contribution in [2.45, 2.75) is 31.8 Å². The van der Waals surface area contributed by atoms with Crippen molar-refractivity contribution in [3.8, 4) is 11.5 Å². The minimum atomic E-state index is -0.596. The fourth-order valence-corrected chi connectivity index (χ4v) is 4.54. The Hall–Kier alpha value is -3.93. The first kappa shape index (κ1) is 24.8. The van der Waals surface area contributed by atoms with Crippen molar-refractivity contribution in [1.82, 2.24) is 0 Å². The number of Topliss-reactive ketones (excluding diaryl/α,β-unsaturated/α-hetero) is 1. The van der Waals surface area contributed by atoms with Crippen LogP contribution in [0.2, 0.25) is 0 Å². The number of fused-ring (bicyclic) bond motifs is 2. The maximum Gasteiger partial charge on any atom is 0.198 e. The first-order valence-corrected chi connectivity index (χ1v) is 12.3. The van der Waals surface area contributed by atoms with E-state index in [1.165, 1.54) is 5.56 Å². The molecule has 0 fully saturated rings. The molecule has 0 atom stereocenters. The van der Waals surface area contributed by atoms with E-state index in [-0.39, 0.29) is 5.78 Å². The van der Waals surface area contributed by atoms with Gasteiger partial charge in [-0.05, 0) is 46.5 Å². The van der Waals surface area contributed by atoms with Crippen LogP contribution in [0.1, 0.15) is 38.2 Å². The number of benzene rings is 4. The number of carbonyl (C=O) groups excluding carboxylic acids is 1. The second kappa shape index (κ2) is 11.0. The number of ether oxygens (including phenoxy) is 4. The Morgan fingerprint density at radius 1 is 0.676 bits per heavy atom. The Balaban J connectivity index is 0.000000153. The van der Waals surface area contributed by atoms with Crippen molar-refractivity contribution in [3.05, 3.63) is 130 Å². The highest BCUT2D eigenvalue weighted by Crippen LogP contribution is 2.44. The zero-order chi connectivity index (χ0) is 25.7. The molecule has 0 saturated carbocycles. The fourth-order valence-electron chi connectivity index (χ4n) is 4.54. The molecular weight excluding hydrogens is 464 g/mol. The van der Waals surface area contributed by atoms with E-state index in [0.29, 0.717) is 19.6 Å². The highest BCUT2D eigenvalue weighted by Gasteiger charge is 2.43. The lowest BCUT2D eigenvalue weighted by molar-refractivity contribution is -0.230. The van der Waals surface area contributed by atoms with Crippen LogP contribution in [0, 0.1) is 0 Å². The number of methoxy groups -OCH3 is 2. The van der Waals surface area contributed by atoms with Gasteiger partial charge >= 0.3 is 0 Å². The highest BCUT2D eigenvalue weighted by atomic mass is 16.7. The average molecular weight is 495 g/mol. The van der Waals surface area contributed by atoms with Crippen LogP contribution >= 0.6 is 0 Å². The number of rotatable bonds is 8. The summed E-state index contributed by atoms with van der Waals surface area (Å²) in [5, 5.41) is 0. The molecule has 188 valence electrons. The summed E-state index contributed by atoms with van der Waals surface area (Å²) in [5.41, 5.74) is 6.54. The summed E-state index contributed by atoms with van der Waals surface area (Å²) in [7, 11) is 3.34. The summed E-state index contributed by atoms with van der Waals surface area (Å²) < 4.78 is 22.5. The SMILES string of the molecule is COC1(OC)Cc2ccc(OCc3ccccc3)cc21.O=C1Cc2ccc(OCc3ccccc3)cc21. The molecule has 4 aromatic carbocycles. The van der Waals surface area contributed by atoms with Crippen molar-refractivity contribution in [1.29, 1.82) is 0 Å². The van der Waals surface area contributed by atoms with Gasteiger partial charge in [-0.2, -0.15) is 0 Å². The molecule has 0 N–H and O–H groups in total. The Labute approximate surface area is 217 Å². The van der Waals surface area contributed by atoms with Crippen LogP contribution in [0.4, 0.5) is 0 Å². The molecule has 0 amide bonds. The van der Waals surface area contributed by atoms with E-state index >= 15 is 0 Å². The Morgan fingerprint density at radius 3 is 1.76 bits per heavy atom. The minimum Gasteiger partial charge on any atom is -0.489 e. The van der Waals surface area contributed by atoms with Gasteiger partial charge in [0.15, 0.2) is 11.6 Å². The highest BCUT2D eigenvalue weighted by molar-refractivity contribution is 6.06. The Bertz CT molecular complexity index is 1360. The molecule has 4 aromatic rings. The molecule has 0 bridgehead atoms. The number of hydrogen-bond donors (Lipinski definition) is 0. The van der Waals surface area contributed by atoms with Crippen molar-refractivity contribution < 1.29 is 23.7 Å².